The van der Waals surface area contributed by atoms with Crippen molar-refractivity contribution >= 4 is 22.3 Å². The summed E-state index contributed by atoms with van der Waals surface area (Å²) in [6.07, 6.45) is -4.17. The minimum Gasteiger partial charge on any atom is -0.360 e. The molecule has 1 aromatic heterocycles. The van der Waals surface area contributed by atoms with Crippen LogP contribution in [0.15, 0.2) is 22.5 Å². The first-order valence-corrected chi connectivity index (χ1v) is 9.34. The number of piperazine rings is 1. The molecule has 0 amide bonds. The summed E-state index contributed by atoms with van der Waals surface area (Å²) in [6.45, 7) is 5.99. The number of hydrogen-bond donors (Lipinski definition) is 1. The molecule has 9 heteroatoms. The molecule has 0 aliphatic carbocycles. The van der Waals surface area contributed by atoms with Crippen LogP contribution in [0.3, 0.4) is 0 Å². The van der Waals surface area contributed by atoms with Gasteiger partial charge in [0, 0.05) is 39.3 Å². The van der Waals surface area contributed by atoms with Crippen LogP contribution in [0.1, 0.15) is 6.92 Å². The summed E-state index contributed by atoms with van der Waals surface area (Å²) >= 11 is 1.73. The van der Waals surface area contributed by atoms with Crippen molar-refractivity contribution in [3.63, 3.8) is 0 Å². The number of halogens is 3. The number of thiophene rings is 1. The van der Waals surface area contributed by atoms with Crippen molar-refractivity contribution in [1.82, 2.24) is 15.1 Å². The first-order valence-electron chi connectivity index (χ1n) is 8.46. The van der Waals surface area contributed by atoms with Gasteiger partial charge in [0.25, 0.3) is 0 Å². The maximum atomic E-state index is 12.4. The molecule has 0 radical (unpaired) electrons. The topological polar surface area (TPSA) is 34.1 Å². The van der Waals surface area contributed by atoms with Crippen LogP contribution in [0.4, 0.5) is 18.2 Å². The van der Waals surface area contributed by atoms with E-state index in [1.165, 1.54) is 16.9 Å². The lowest BCUT2D eigenvalue weighted by Gasteiger charge is -2.37. The normalized spacial score (nSPS) is 16.6. The summed E-state index contributed by atoms with van der Waals surface area (Å²) in [5.74, 6) is 0.786. The van der Waals surface area contributed by atoms with Gasteiger partial charge < -0.3 is 15.1 Å². The summed E-state index contributed by atoms with van der Waals surface area (Å²) in [5, 5.41) is 6.59. The van der Waals surface area contributed by atoms with Crippen LogP contribution in [0.5, 0.6) is 0 Å². The van der Waals surface area contributed by atoms with Crippen molar-refractivity contribution < 1.29 is 13.2 Å². The molecule has 0 saturated carbocycles. The standard InChI is InChI=1S/C16H26F3N5S/c1-3-20-15(21-6-7-22(2)13-16(17,18)19)24-10-8-23(9-11-24)14-5-4-12-25-14/h4-5,12H,3,6-11,13H2,1-2H3,(H,20,21). The van der Waals surface area contributed by atoms with Gasteiger partial charge >= 0.3 is 6.18 Å². The third kappa shape index (κ3) is 6.74. The van der Waals surface area contributed by atoms with Crippen LogP contribution in [-0.2, 0) is 0 Å². The van der Waals surface area contributed by atoms with E-state index in [9.17, 15) is 13.2 Å². The molecule has 142 valence electrons. The van der Waals surface area contributed by atoms with Gasteiger partial charge in [-0.1, -0.05) is 0 Å². The Bertz CT molecular complexity index is 524. The summed E-state index contributed by atoms with van der Waals surface area (Å²) in [5.41, 5.74) is 0. The number of hydrogen-bond acceptors (Lipinski definition) is 4. The van der Waals surface area contributed by atoms with E-state index in [4.69, 9.17) is 0 Å². The average Bonchev–Trinajstić information content (AvgIpc) is 3.07. The predicted molar refractivity (Wildman–Crippen MR) is 97.6 cm³/mol. The average molecular weight is 377 g/mol. The fraction of sp³-hybridized carbons (Fsp3) is 0.688. The van der Waals surface area contributed by atoms with Crippen molar-refractivity contribution in [1.29, 1.82) is 0 Å². The van der Waals surface area contributed by atoms with Gasteiger partial charge in [-0.2, -0.15) is 13.2 Å². The third-order valence-electron chi connectivity index (χ3n) is 3.92. The molecule has 2 rings (SSSR count). The summed E-state index contributed by atoms with van der Waals surface area (Å²) in [6, 6.07) is 4.17. The van der Waals surface area contributed by atoms with E-state index in [-0.39, 0.29) is 6.54 Å². The Morgan fingerprint density at radius 1 is 1.32 bits per heavy atom. The van der Waals surface area contributed by atoms with Gasteiger partial charge in [0.05, 0.1) is 18.1 Å². The first kappa shape index (κ1) is 19.8. The Kier molecular flexibility index (Phi) is 7.37. The largest absolute Gasteiger partial charge is 0.401 e. The second kappa shape index (κ2) is 9.28. The van der Waals surface area contributed by atoms with Gasteiger partial charge in [-0.05, 0) is 31.5 Å². The maximum Gasteiger partial charge on any atom is 0.401 e. The van der Waals surface area contributed by atoms with Crippen molar-refractivity contribution in [2.75, 3.05) is 64.3 Å². The molecule has 0 spiro atoms. The highest BCUT2D eigenvalue weighted by atomic mass is 32.1. The fourth-order valence-electron chi connectivity index (χ4n) is 2.73. The van der Waals surface area contributed by atoms with Crippen LogP contribution in [-0.4, -0.2) is 81.3 Å². The zero-order valence-electron chi connectivity index (χ0n) is 14.7. The van der Waals surface area contributed by atoms with E-state index in [2.05, 4.69) is 37.6 Å². The van der Waals surface area contributed by atoms with Crippen LogP contribution in [0.25, 0.3) is 0 Å². The fourth-order valence-corrected chi connectivity index (χ4v) is 3.51. The monoisotopic (exact) mass is 377 g/mol. The van der Waals surface area contributed by atoms with Crippen LogP contribution in [0, 0.1) is 0 Å². The molecule has 1 aliphatic rings. The third-order valence-corrected chi connectivity index (χ3v) is 4.85. The molecule has 5 nitrogen and oxygen atoms in total. The zero-order valence-corrected chi connectivity index (χ0v) is 15.5. The maximum absolute atomic E-state index is 12.4. The zero-order chi connectivity index (χ0) is 18.3. The Hall–Kier alpha value is -1.48. The number of rotatable bonds is 6. The van der Waals surface area contributed by atoms with Crippen LogP contribution < -0.4 is 10.2 Å². The number of likely N-dealkylation sites (N-methyl/N-ethyl adjacent to an activating group) is 1. The molecule has 0 aromatic carbocycles. The Balaban J connectivity index is 1.83. The molecule has 1 aliphatic heterocycles. The molecule has 1 N–H and O–H groups in total. The molecule has 0 bridgehead atoms. The van der Waals surface area contributed by atoms with Crippen molar-refractivity contribution in [3.05, 3.63) is 17.5 Å². The van der Waals surface area contributed by atoms with E-state index < -0.39 is 12.7 Å². The first-order chi connectivity index (χ1) is 11.9. The number of guanidine groups is 1. The predicted octanol–water partition coefficient (Wildman–Crippen LogP) is 2.33. The van der Waals surface area contributed by atoms with Gasteiger partial charge in [-0.15, -0.1) is 11.3 Å². The molecule has 2 heterocycles. The van der Waals surface area contributed by atoms with Gasteiger partial charge in [0.1, 0.15) is 0 Å². The van der Waals surface area contributed by atoms with E-state index >= 15 is 0 Å². The van der Waals surface area contributed by atoms with E-state index in [0.717, 1.165) is 38.7 Å². The van der Waals surface area contributed by atoms with Gasteiger partial charge in [0.15, 0.2) is 5.96 Å². The van der Waals surface area contributed by atoms with E-state index in [1.54, 1.807) is 11.3 Å². The Morgan fingerprint density at radius 3 is 2.60 bits per heavy atom. The van der Waals surface area contributed by atoms with E-state index in [0.29, 0.717) is 6.54 Å². The van der Waals surface area contributed by atoms with Crippen molar-refractivity contribution in [2.45, 2.75) is 13.1 Å². The minimum absolute atomic E-state index is 0.281. The molecular formula is C16H26F3N5S. The number of nitrogens with zero attached hydrogens (tertiary/aromatic N) is 4. The molecule has 1 aromatic rings. The highest BCUT2D eigenvalue weighted by Crippen LogP contribution is 2.22. The van der Waals surface area contributed by atoms with E-state index in [1.807, 2.05) is 6.92 Å². The number of anilines is 1. The smallest absolute Gasteiger partial charge is 0.360 e. The molecule has 0 unspecified atom stereocenters. The summed E-state index contributed by atoms with van der Waals surface area (Å²) in [7, 11) is 1.47. The lowest BCUT2D eigenvalue weighted by molar-refractivity contribution is -0.142. The minimum atomic E-state index is -4.17. The van der Waals surface area contributed by atoms with Crippen LogP contribution >= 0.6 is 11.3 Å². The number of aliphatic imine (C=N–C) groups is 1. The molecule has 1 fully saturated rings. The SMILES string of the molecule is CCNC(=NCCN(C)CC(F)(F)F)N1CCN(c2cccs2)CC1. The van der Waals surface area contributed by atoms with Gasteiger partial charge in [-0.25, -0.2) is 0 Å². The quantitative estimate of drug-likeness (QED) is 0.610. The molecule has 25 heavy (non-hydrogen) atoms. The molecule has 1 saturated heterocycles. The summed E-state index contributed by atoms with van der Waals surface area (Å²) < 4.78 is 37.1. The molecule has 0 atom stereocenters. The Morgan fingerprint density at radius 2 is 2.04 bits per heavy atom. The summed E-state index contributed by atoms with van der Waals surface area (Å²) in [4.78, 5) is 10.3. The lowest BCUT2D eigenvalue weighted by atomic mass is 10.3. The Labute approximate surface area is 151 Å². The second-order valence-corrected chi connectivity index (χ2v) is 6.94. The highest BCUT2D eigenvalue weighted by molar-refractivity contribution is 7.14. The highest BCUT2D eigenvalue weighted by Gasteiger charge is 2.28. The second-order valence-electron chi connectivity index (χ2n) is 6.01. The van der Waals surface area contributed by atoms with Crippen molar-refractivity contribution in [3.8, 4) is 0 Å². The lowest BCUT2D eigenvalue weighted by Crippen LogP contribution is -2.52. The van der Waals surface area contributed by atoms with Crippen LogP contribution in [0.2, 0.25) is 0 Å². The number of nitrogens with one attached hydrogen (secondary N) is 1. The van der Waals surface area contributed by atoms with Gasteiger partial charge in [-0.3, -0.25) is 9.89 Å². The number of alkyl halides is 3. The van der Waals surface area contributed by atoms with Gasteiger partial charge in [0.2, 0.25) is 0 Å². The molecular weight excluding hydrogens is 351 g/mol. The van der Waals surface area contributed by atoms with Crippen molar-refractivity contribution in [2.24, 2.45) is 4.99 Å².